The highest BCUT2D eigenvalue weighted by Crippen LogP contribution is 2.39. The number of carboxylic acids is 1. The van der Waals surface area contributed by atoms with Gasteiger partial charge < -0.3 is 19.3 Å². The van der Waals surface area contributed by atoms with E-state index in [1.807, 2.05) is 0 Å². The fraction of sp³-hybridized carbons (Fsp3) is 0.391. The molecule has 1 aromatic rings. The SMILES string of the molecule is CC[C@@H]1CCC(=O)N(c2cc(O/C(C(=O)O)=C(\C)OCC(=O)OC)c(Cl)cc2F)C(=O)C=C1C(F)(F)F. The highest BCUT2D eigenvalue weighted by molar-refractivity contribution is 6.32. The summed E-state index contributed by atoms with van der Waals surface area (Å²) in [5.74, 6) is -9.20. The van der Waals surface area contributed by atoms with Crippen LogP contribution in [-0.4, -0.2) is 48.8 Å². The van der Waals surface area contributed by atoms with Crippen LogP contribution in [0.1, 0.15) is 33.1 Å². The molecule has 1 aromatic carbocycles. The fourth-order valence-electron chi connectivity index (χ4n) is 3.43. The van der Waals surface area contributed by atoms with Crippen LogP contribution >= 0.6 is 11.6 Å². The fourth-order valence-corrected chi connectivity index (χ4v) is 3.62. The van der Waals surface area contributed by atoms with Gasteiger partial charge in [-0.05, 0) is 31.7 Å². The first kappa shape index (κ1) is 29.6. The van der Waals surface area contributed by atoms with E-state index in [1.165, 1.54) is 6.92 Å². The number of aliphatic carboxylic acids is 1. The van der Waals surface area contributed by atoms with Crippen LogP contribution in [0.25, 0.3) is 0 Å². The van der Waals surface area contributed by atoms with Crippen molar-refractivity contribution in [2.75, 3.05) is 18.6 Å². The van der Waals surface area contributed by atoms with E-state index in [0.717, 1.165) is 14.0 Å². The molecule has 1 N–H and O–H groups in total. The number of hydrogen-bond donors (Lipinski definition) is 1. The van der Waals surface area contributed by atoms with Crippen LogP contribution in [0.4, 0.5) is 23.2 Å². The summed E-state index contributed by atoms with van der Waals surface area (Å²) in [5.41, 5.74) is -1.96. The van der Waals surface area contributed by atoms with Crippen molar-refractivity contribution >= 4 is 41.0 Å². The number of rotatable bonds is 8. The zero-order chi connectivity index (χ0) is 28.1. The first-order chi connectivity index (χ1) is 17.2. The molecule has 1 aliphatic rings. The summed E-state index contributed by atoms with van der Waals surface area (Å²) < 4.78 is 70.2. The van der Waals surface area contributed by atoms with Crippen molar-refractivity contribution < 1.29 is 56.1 Å². The van der Waals surface area contributed by atoms with Crippen molar-refractivity contribution in [3.8, 4) is 5.75 Å². The highest BCUT2D eigenvalue weighted by atomic mass is 35.5. The largest absolute Gasteiger partial charge is 0.482 e. The number of allylic oxidation sites excluding steroid dienone is 2. The maximum atomic E-state index is 14.8. The van der Waals surface area contributed by atoms with E-state index >= 15 is 0 Å². The number of carboxylic acid groups (broad SMARTS) is 1. The minimum absolute atomic E-state index is 0.0148. The van der Waals surface area contributed by atoms with Gasteiger partial charge in [-0.25, -0.2) is 18.9 Å². The minimum Gasteiger partial charge on any atom is -0.482 e. The molecular weight excluding hydrogens is 530 g/mol. The normalized spacial score (nSPS) is 17.4. The van der Waals surface area contributed by atoms with Gasteiger partial charge in [-0.1, -0.05) is 18.5 Å². The lowest BCUT2D eigenvalue weighted by atomic mass is 9.89. The van der Waals surface area contributed by atoms with Crippen molar-refractivity contribution in [3.05, 3.63) is 46.1 Å². The van der Waals surface area contributed by atoms with Gasteiger partial charge in [0.25, 0.3) is 5.91 Å². The van der Waals surface area contributed by atoms with Gasteiger partial charge in [-0.3, -0.25) is 9.59 Å². The van der Waals surface area contributed by atoms with E-state index < -0.39 is 88.2 Å². The van der Waals surface area contributed by atoms with Crippen molar-refractivity contribution in [1.29, 1.82) is 0 Å². The molecule has 0 saturated carbocycles. The number of benzene rings is 1. The van der Waals surface area contributed by atoms with Crippen LogP contribution in [-0.2, 0) is 28.7 Å². The number of anilines is 1. The molecule has 0 aliphatic carbocycles. The number of ether oxygens (including phenoxy) is 3. The molecule has 0 saturated heterocycles. The molecule has 1 heterocycles. The zero-order valence-corrected chi connectivity index (χ0v) is 20.5. The van der Waals surface area contributed by atoms with Crippen molar-refractivity contribution in [3.63, 3.8) is 0 Å². The standard InChI is InChI=1S/C23H22ClF4NO8/c1-4-12-5-6-18(30)29(19(31)7-13(12)23(26,27)28)16-9-17(14(24)8-15(16)25)37-21(22(33)34)11(2)36-10-20(32)35-3/h7-9,12H,4-6,10H2,1-3H3,(H,33,34)/b13-7?,21-11+/t12-/m1/s1. The van der Waals surface area contributed by atoms with Gasteiger partial charge in [0.2, 0.25) is 11.7 Å². The van der Waals surface area contributed by atoms with Gasteiger partial charge in [0.1, 0.15) is 17.3 Å². The summed E-state index contributed by atoms with van der Waals surface area (Å²) in [7, 11) is 1.07. The van der Waals surface area contributed by atoms with Crippen molar-refractivity contribution in [2.45, 2.75) is 39.3 Å². The van der Waals surface area contributed by atoms with Crippen molar-refractivity contribution in [1.82, 2.24) is 0 Å². The second-order valence-corrected chi connectivity index (χ2v) is 8.11. The average molecular weight is 552 g/mol. The second kappa shape index (κ2) is 12.1. The Morgan fingerprint density at radius 1 is 1.24 bits per heavy atom. The van der Waals surface area contributed by atoms with E-state index in [1.54, 1.807) is 0 Å². The maximum Gasteiger partial charge on any atom is 0.413 e. The Morgan fingerprint density at radius 2 is 1.89 bits per heavy atom. The lowest BCUT2D eigenvalue weighted by Crippen LogP contribution is -2.39. The number of imide groups is 1. The van der Waals surface area contributed by atoms with E-state index in [2.05, 4.69) is 4.74 Å². The van der Waals surface area contributed by atoms with Crippen LogP contribution in [0.3, 0.4) is 0 Å². The molecule has 202 valence electrons. The molecule has 2 amide bonds. The molecule has 1 atom stereocenters. The molecule has 2 rings (SSSR count). The van der Waals surface area contributed by atoms with Crippen LogP contribution in [0.2, 0.25) is 5.02 Å². The summed E-state index contributed by atoms with van der Waals surface area (Å²) >= 11 is 5.95. The smallest absolute Gasteiger partial charge is 0.413 e. The lowest BCUT2D eigenvalue weighted by Gasteiger charge is -2.28. The molecule has 0 radical (unpaired) electrons. The molecule has 0 bridgehead atoms. The Kier molecular flexibility index (Phi) is 9.67. The Balaban J connectivity index is 2.56. The first-order valence-electron chi connectivity index (χ1n) is 10.7. The number of esters is 1. The van der Waals surface area contributed by atoms with Gasteiger partial charge in [-0.15, -0.1) is 0 Å². The van der Waals surface area contributed by atoms with Crippen LogP contribution in [0.15, 0.2) is 35.3 Å². The summed E-state index contributed by atoms with van der Waals surface area (Å²) in [4.78, 5) is 48.7. The third kappa shape index (κ3) is 7.21. The Hall–Kier alpha value is -3.61. The number of alkyl halides is 3. The third-order valence-electron chi connectivity index (χ3n) is 5.32. The average Bonchev–Trinajstić information content (AvgIpc) is 2.80. The number of methoxy groups -OCH3 is 1. The highest BCUT2D eigenvalue weighted by Gasteiger charge is 2.41. The number of nitrogens with zero attached hydrogens (tertiary/aromatic N) is 1. The van der Waals surface area contributed by atoms with Crippen LogP contribution in [0.5, 0.6) is 5.75 Å². The number of amides is 2. The third-order valence-corrected chi connectivity index (χ3v) is 5.61. The van der Waals surface area contributed by atoms with Crippen molar-refractivity contribution in [2.24, 2.45) is 5.92 Å². The van der Waals surface area contributed by atoms with E-state index in [4.69, 9.17) is 21.1 Å². The minimum atomic E-state index is -4.86. The van der Waals surface area contributed by atoms with Crippen LogP contribution in [0, 0.1) is 11.7 Å². The molecule has 14 heteroatoms. The first-order valence-corrected chi connectivity index (χ1v) is 11.0. The monoisotopic (exact) mass is 551 g/mol. The number of carbonyl (C=O) groups is 4. The van der Waals surface area contributed by atoms with Gasteiger partial charge in [0, 0.05) is 24.1 Å². The molecule has 0 aromatic heterocycles. The van der Waals surface area contributed by atoms with Gasteiger partial charge in [-0.2, -0.15) is 13.2 Å². The molecule has 0 spiro atoms. The number of carbonyl (C=O) groups excluding carboxylic acids is 3. The topological polar surface area (TPSA) is 119 Å². The Labute approximate surface area is 213 Å². The quantitative estimate of drug-likeness (QED) is 0.164. The van der Waals surface area contributed by atoms with E-state index in [9.17, 15) is 41.8 Å². The number of halogens is 5. The molecule has 37 heavy (non-hydrogen) atoms. The molecule has 9 nitrogen and oxygen atoms in total. The number of hydrogen-bond acceptors (Lipinski definition) is 7. The van der Waals surface area contributed by atoms with E-state index in [0.29, 0.717) is 12.1 Å². The molecule has 1 aliphatic heterocycles. The van der Waals surface area contributed by atoms with E-state index in [-0.39, 0.29) is 23.8 Å². The summed E-state index contributed by atoms with van der Waals surface area (Å²) in [5, 5.41) is 8.97. The summed E-state index contributed by atoms with van der Waals surface area (Å²) in [6.45, 7) is 1.93. The maximum absolute atomic E-state index is 14.8. The molecule has 0 fully saturated rings. The predicted octanol–water partition coefficient (Wildman–Crippen LogP) is 4.53. The summed E-state index contributed by atoms with van der Waals surface area (Å²) in [6, 6.07) is 1.29. The lowest BCUT2D eigenvalue weighted by molar-refractivity contribution is -0.145. The molecule has 0 unspecified atom stereocenters. The zero-order valence-electron chi connectivity index (χ0n) is 19.8. The van der Waals surface area contributed by atoms with Crippen LogP contribution < -0.4 is 9.64 Å². The van der Waals surface area contributed by atoms with Gasteiger partial charge in [0.15, 0.2) is 6.61 Å². The predicted molar refractivity (Wildman–Crippen MR) is 120 cm³/mol. The van der Waals surface area contributed by atoms with Gasteiger partial charge >= 0.3 is 18.1 Å². The van der Waals surface area contributed by atoms with Gasteiger partial charge in [0.05, 0.1) is 17.8 Å². The Bertz CT molecular complexity index is 1160. The Morgan fingerprint density at radius 3 is 2.43 bits per heavy atom. The molecular formula is C23H22ClF4NO8. The second-order valence-electron chi connectivity index (χ2n) is 7.70. The summed E-state index contributed by atoms with van der Waals surface area (Å²) in [6.07, 6.45) is -5.35.